The van der Waals surface area contributed by atoms with Crippen LogP contribution in [0.4, 0.5) is 8.78 Å². The lowest BCUT2D eigenvalue weighted by atomic mass is 9.88. The molecule has 0 spiro atoms. The van der Waals surface area contributed by atoms with Crippen LogP contribution in [0.15, 0.2) is 0 Å². The molecule has 1 rings (SSSR count). The molecule has 1 aliphatic carbocycles. The third kappa shape index (κ3) is 2.89. The van der Waals surface area contributed by atoms with Crippen LogP contribution in [0.1, 0.15) is 40.5 Å². The summed E-state index contributed by atoms with van der Waals surface area (Å²) in [5.74, 6) is -5.03. The third-order valence-electron chi connectivity index (χ3n) is 3.04. The first-order chi connectivity index (χ1) is 6.65. The maximum Gasteiger partial charge on any atom is 0.327 e. The fourth-order valence-corrected chi connectivity index (χ4v) is 1.14. The molecule has 1 atom stereocenters. The van der Waals surface area contributed by atoms with Crippen molar-refractivity contribution in [1.82, 2.24) is 5.32 Å². The number of hydrogen-bond donors (Lipinski definition) is 1. The number of hydrogen-bond acceptors (Lipinski definition) is 1. The lowest BCUT2D eigenvalue weighted by Gasteiger charge is -2.29. The van der Waals surface area contributed by atoms with Crippen molar-refractivity contribution < 1.29 is 13.6 Å². The van der Waals surface area contributed by atoms with E-state index < -0.39 is 17.7 Å². The number of halogens is 2. The summed E-state index contributed by atoms with van der Waals surface area (Å²) in [7, 11) is 0. The van der Waals surface area contributed by atoms with Gasteiger partial charge < -0.3 is 5.32 Å². The van der Waals surface area contributed by atoms with Crippen LogP contribution in [-0.4, -0.2) is 17.9 Å². The second-order valence-corrected chi connectivity index (χ2v) is 5.46. The average molecular weight is 219 g/mol. The number of carbonyl (C=O) groups excluding carboxylic acids is 1. The number of nitrogens with one attached hydrogen (secondary N) is 1. The molecule has 4 heteroatoms. The van der Waals surface area contributed by atoms with E-state index in [2.05, 4.69) is 5.32 Å². The van der Waals surface area contributed by atoms with Gasteiger partial charge in [0, 0.05) is 12.0 Å². The van der Waals surface area contributed by atoms with Crippen LogP contribution in [0.3, 0.4) is 0 Å². The summed E-state index contributed by atoms with van der Waals surface area (Å²) in [5, 5.41) is 2.39. The Labute approximate surface area is 89.4 Å². The molecule has 0 bridgehead atoms. The highest BCUT2D eigenvalue weighted by Crippen LogP contribution is 2.43. The zero-order valence-electron chi connectivity index (χ0n) is 9.73. The summed E-state index contributed by atoms with van der Waals surface area (Å²) in [4.78, 5) is 11.3. The predicted molar refractivity (Wildman–Crippen MR) is 54.7 cm³/mol. The topological polar surface area (TPSA) is 29.1 Å². The number of carbonyl (C=O) groups is 1. The van der Waals surface area contributed by atoms with Crippen LogP contribution >= 0.6 is 0 Å². The molecule has 0 aromatic heterocycles. The van der Waals surface area contributed by atoms with E-state index in [0.29, 0.717) is 12.8 Å². The lowest BCUT2D eigenvalue weighted by Crippen LogP contribution is -2.49. The fourth-order valence-electron chi connectivity index (χ4n) is 1.14. The van der Waals surface area contributed by atoms with Crippen molar-refractivity contribution in [2.45, 2.75) is 52.5 Å². The fraction of sp³-hybridized carbons (Fsp3) is 0.909. The Morgan fingerprint density at radius 1 is 1.33 bits per heavy atom. The Morgan fingerprint density at radius 2 is 1.80 bits per heavy atom. The Kier molecular flexibility index (Phi) is 3.08. The van der Waals surface area contributed by atoms with Crippen LogP contribution in [0.2, 0.25) is 0 Å². The minimum absolute atomic E-state index is 0.199. The Bertz CT molecular complexity index is 254. The van der Waals surface area contributed by atoms with Gasteiger partial charge in [0.2, 0.25) is 0 Å². The summed E-state index contributed by atoms with van der Waals surface area (Å²) >= 11 is 0. The Hall–Kier alpha value is -0.670. The van der Waals surface area contributed by atoms with E-state index >= 15 is 0 Å². The molecule has 0 aromatic rings. The van der Waals surface area contributed by atoms with Crippen LogP contribution < -0.4 is 5.32 Å². The predicted octanol–water partition coefficient (Wildman–Crippen LogP) is 2.58. The van der Waals surface area contributed by atoms with Gasteiger partial charge in [-0.05, 0) is 25.2 Å². The molecule has 1 amide bonds. The van der Waals surface area contributed by atoms with Crippen molar-refractivity contribution in [2.24, 2.45) is 11.3 Å². The third-order valence-corrected chi connectivity index (χ3v) is 3.04. The molecule has 0 aliphatic heterocycles. The van der Waals surface area contributed by atoms with Crippen molar-refractivity contribution in [3.8, 4) is 0 Å². The SMILES string of the molecule is CC(NC(=O)C(F)(F)C1CC1)C(C)(C)C. The number of alkyl halides is 2. The second kappa shape index (κ2) is 3.72. The highest BCUT2D eigenvalue weighted by molar-refractivity contribution is 5.84. The van der Waals surface area contributed by atoms with Gasteiger partial charge in [-0.15, -0.1) is 0 Å². The van der Waals surface area contributed by atoms with Gasteiger partial charge in [-0.3, -0.25) is 4.79 Å². The molecule has 0 aromatic carbocycles. The monoisotopic (exact) mass is 219 g/mol. The van der Waals surface area contributed by atoms with Gasteiger partial charge in [0.15, 0.2) is 0 Å². The van der Waals surface area contributed by atoms with E-state index in [4.69, 9.17) is 0 Å². The summed E-state index contributed by atoms with van der Waals surface area (Å²) < 4.78 is 26.7. The maximum absolute atomic E-state index is 13.3. The molecule has 1 unspecified atom stereocenters. The van der Waals surface area contributed by atoms with Crippen molar-refractivity contribution in [1.29, 1.82) is 0 Å². The molecule has 0 heterocycles. The maximum atomic E-state index is 13.3. The van der Waals surface area contributed by atoms with E-state index in [1.165, 1.54) is 0 Å². The minimum Gasteiger partial charge on any atom is -0.348 e. The summed E-state index contributed by atoms with van der Waals surface area (Å²) in [6.45, 7) is 7.48. The first kappa shape index (κ1) is 12.4. The molecule has 1 aliphatic rings. The first-order valence-electron chi connectivity index (χ1n) is 5.34. The standard InChI is InChI=1S/C11H19F2NO/c1-7(10(2,3)4)14-9(15)11(12,13)8-5-6-8/h7-8H,5-6H2,1-4H3,(H,14,15). The highest BCUT2D eigenvalue weighted by Gasteiger charge is 2.53. The van der Waals surface area contributed by atoms with Gasteiger partial charge in [0.25, 0.3) is 5.91 Å². The normalized spacial score (nSPS) is 19.9. The van der Waals surface area contributed by atoms with Crippen LogP contribution in [0.5, 0.6) is 0 Å². The smallest absolute Gasteiger partial charge is 0.327 e. The molecule has 1 saturated carbocycles. The van der Waals surface area contributed by atoms with Crippen LogP contribution in [0, 0.1) is 11.3 Å². The van der Waals surface area contributed by atoms with Gasteiger partial charge in [0.05, 0.1) is 0 Å². The minimum atomic E-state index is -3.18. The van der Waals surface area contributed by atoms with Gasteiger partial charge >= 0.3 is 5.92 Å². The number of rotatable bonds is 3. The zero-order valence-corrected chi connectivity index (χ0v) is 9.73. The molecule has 15 heavy (non-hydrogen) atoms. The molecular formula is C11H19F2NO. The molecule has 2 nitrogen and oxygen atoms in total. The van der Waals surface area contributed by atoms with Gasteiger partial charge in [-0.2, -0.15) is 8.78 Å². The number of amides is 1. The van der Waals surface area contributed by atoms with Crippen LogP contribution in [0.25, 0.3) is 0 Å². The summed E-state index contributed by atoms with van der Waals surface area (Å²) in [6.07, 6.45) is 0.925. The Balaban J connectivity index is 2.55. The van der Waals surface area contributed by atoms with Gasteiger partial charge in [-0.25, -0.2) is 0 Å². The average Bonchev–Trinajstić information content (AvgIpc) is 2.83. The largest absolute Gasteiger partial charge is 0.348 e. The molecule has 1 N–H and O–H groups in total. The molecule has 0 saturated heterocycles. The van der Waals surface area contributed by atoms with E-state index in [9.17, 15) is 13.6 Å². The highest BCUT2D eigenvalue weighted by atomic mass is 19.3. The van der Waals surface area contributed by atoms with Crippen molar-refractivity contribution in [3.05, 3.63) is 0 Å². The van der Waals surface area contributed by atoms with E-state index in [1.807, 2.05) is 20.8 Å². The Morgan fingerprint density at radius 3 is 2.13 bits per heavy atom. The van der Waals surface area contributed by atoms with Crippen molar-refractivity contribution >= 4 is 5.91 Å². The van der Waals surface area contributed by atoms with E-state index in [1.54, 1.807) is 6.92 Å². The second-order valence-electron chi connectivity index (χ2n) is 5.46. The van der Waals surface area contributed by atoms with Gasteiger partial charge in [0.1, 0.15) is 0 Å². The van der Waals surface area contributed by atoms with E-state index in [0.717, 1.165) is 0 Å². The van der Waals surface area contributed by atoms with Crippen LogP contribution in [-0.2, 0) is 4.79 Å². The summed E-state index contributed by atoms with van der Waals surface area (Å²) in [5.41, 5.74) is -0.199. The molecule has 1 fully saturated rings. The molecule has 88 valence electrons. The lowest BCUT2D eigenvalue weighted by molar-refractivity contribution is -0.150. The van der Waals surface area contributed by atoms with Gasteiger partial charge in [-0.1, -0.05) is 20.8 Å². The molecular weight excluding hydrogens is 200 g/mol. The van der Waals surface area contributed by atoms with E-state index in [-0.39, 0.29) is 11.5 Å². The summed E-state index contributed by atoms with van der Waals surface area (Å²) in [6, 6.07) is -0.255. The first-order valence-corrected chi connectivity index (χ1v) is 5.34. The molecule has 0 radical (unpaired) electrons. The zero-order chi connectivity index (χ0) is 11.9. The van der Waals surface area contributed by atoms with Crippen molar-refractivity contribution in [3.63, 3.8) is 0 Å². The quantitative estimate of drug-likeness (QED) is 0.776. The van der Waals surface area contributed by atoms with Crippen molar-refractivity contribution in [2.75, 3.05) is 0 Å².